The summed E-state index contributed by atoms with van der Waals surface area (Å²) in [7, 11) is 0. The van der Waals surface area contributed by atoms with Gasteiger partial charge in [-0.1, -0.05) is 27.7 Å². The highest BCUT2D eigenvalue weighted by Gasteiger charge is 2.51. The molecule has 0 radical (unpaired) electrons. The van der Waals surface area contributed by atoms with Crippen molar-refractivity contribution in [3.8, 4) is 0 Å². The van der Waals surface area contributed by atoms with Gasteiger partial charge in [0.1, 0.15) is 6.04 Å². The molecule has 0 bridgehead atoms. The van der Waals surface area contributed by atoms with Crippen LogP contribution in [0.5, 0.6) is 0 Å². The Labute approximate surface area is 130 Å². The maximum Gasteiger partial charge on any atom is 0.336 e. The van der Waals surface area contributed by atoms with Crippen LogP contribution in [0.15, 0.2) is 0 Å². The second-order valence-electron chi connectivity index (χ2n) is 6.48. The molecule has 1 fully saturated rings. The van der Waals surface area contributed by atoms with Crippen LogP contribution in [0, 0.1) is 11.8 Å². The van der Waals surface area contributed by atoms with Crippen LogP contribution in [0.3, 0.4) is 0 Å². The van der Waals surface area contributed by atoms with E-state index >= 15 is 0 Å². The van der Waals surface area contributed by atoms with Gasteiger partial charge in [-0.3, -0.25) is 9.59 Å². The normalized spacial score (nSPS) is 21.5. The molecule has 0 spiro atoms. The highest BCUT2D eigenvalue weighted by atomic mass is 16.6. The number of amides is 2. The van der Waals surface area contributed by atoms with Crippen molar-refractivity contribution < 1.29 is 24.2 Å². The van der Waals surface area contributed by atoms with Gasteiger partial charge in [0.2, 0.25) is 5.91 Å². The Bertz CT molecular complexity index is 422. The van der Waals surface area contributed by atoms with E-state index in [-0.39, 0.29) is 11.8 Å². The van der Waals surface area contributed by atoms with Crippen molar-refractivity contribution in [3.05, 3.63) is 0 Å². The Morgan fingerprint density at radius 2 is 1.73 bits per heavy atom. The number of carboxylic acid groups (broad SMARTS) is 1. The number of hydrogen-bond acceptors (Lipinski definition) is 4. The lowest BCUT2D eigenvalue weighted by Crippen LogP contribution is -2.49. The molecule has 0 aliphatic carbocycles. The van der Waals surface area contributed by atoms with Gasteiger partial charge in [-0.15, -0.1) is 0 Å². The Morgan fingerprint density at radius 3 is 2.18 bits per heavy atom. The molecule has 3 atom stereocenters. The Morgan fingerprint density at radius 1 is 1.09 bits per heavy atom. The summed E-state index contributed by atoms with van der Waals surface area (Å²) in [5, 5.41) is 14.1. The fraction of sp³-hybridized carbons (Fsp3) is 0.800. The molecule has 1 rings (SSSR count). The minimum absolute atomic E-state index is 0.219. The molecule has 0 aromatic heterocycles. The number of hydrogen-bond donors (Lipinski definition) is 3. The van der Waals surface area contributed by atoms with E-state index in [9.17, 15) is 14.4 Å². The molecule has 3 N–H and O–H groups in total. The molecule has 2 amide bonds. The summed E-state index contributed by atoms with van der Waals surface area (Å²) in [6.07, 6.45) is -0.732. The molecule has 1 saturated heterocycles. The summed E-state index contributed by atoms with van der Waals surface area (Å²) in [5.41, 5.74) is 0. The minimum Gasteiger partial charge on any atom is -0.479 e. The van der Waals surface area contributed by atoms with Crippen molar-refractivity contribution in [2.75, 3.05) is 6.54 Å². The predicted octanol–water partition coefficient (Wildman–Crippen LogP) is 0.532. The van der Waals surface area contributed by atoms with Crippen molar-refractivity contribution >= 4 is 17.8 Å². The number of epoxide rings is 1. The average molecular weight is 314 g/mol. The number of carbonyl (C=O) groups is 3. The largest absolute Gasteiger partial charge is 0.479 e. The van der Waals surface area contributed by atoms with Gasteiger partial charge in [0.05, 0.1) is 0 Å². The third-order valence-electron chi connectivity index (χ3n) is 3.35. The van der Waals surface area contributed by atoms with Crippen molar-refractivity contribution in [2.45, 2.75) is 58.8 Å². The van der Waals surface area contributed by atoms with Crippen LogP contribution in [-0.4, -0.2) is 47.7 Å². The second-order valence-corrected chi connectivity index (χ2v) is 6.48. The lowest BCUT2D eigenvalue weighted by Gasteiger charge is -2.20. The van der Waals surface area contributed by atoms with Gasteiger partial charge in [0, 0.05) is 6.54 Å². The highest BCUT2D eigenvalue weighted by molar-refractivity contribution is 5.95. The van der Waals surface area contributed by atoms with Gasteiger partial charge in [0.25, 0.3) is 5.91 Å². The van der Waals surface area contributed by atoms with Gasteiger partial charge in [-0.2, -0.15) is 0 Å². The van der Waals surface area contributed by atoms with Crippen LogP contribution < -0.4 is 10.6 Å². The molecule has 7 heteroatoms. The monoisotopic (exact) mass is 314 g/mol. The van der Waals surface area contributed by atoms with E-state index in [1.165, 1.54) is 0 Å². The first-order valence-corrected chi connectivity index (χ1v) is 7.68. The van der Waals surface area contributed by atoms with Crippen LogP contribution in [0.1, 0.15) is 40.5 Å². The molecule has 0 saturated carbocycles. The summed E-state index contributed by atoms with van der Waals surface area (Å²) in [6, 6.07) is -0.668. The van der Waals surface area contributed by atoms with Crippen LogP contribution in [0.2, 0.25) is 0 Å². The molecule has 126 valence electrons. The highest BCUT2D eigenvalue weighted by Crippen LogP contribution is 2.22. The summed E-state index contributed by atoms with van der Waals surface area (Å²) in [6.45, 7) is 8.59. The Hall–Kier alpha value is -1.63. The van der Waals surface area contributed by atoms with Gasteiger partial charge >= 0.3 is 5.97 Å². The third kappa shape index (κ3) is 6.01. The average Bonchev–Trinajstić information content (AvgIpc) is 3.16. The Kier molecular flexibility index (Phi) is 6.80. The lowest BCUT2D eigenvalue weighted by molar-refractivity contribution is -0.138. The number of carboxylic acids is 1. The molecule has 1 aliphatic heterocycles. The van der Waals surface area contributed by atoms with Gasteiger partial charge in [-0.05, 0) is 24.7 Å². The quantitative estimate of drug-likeness (QED) is 0.538. The molecule has 0 unspecified atom stereocenters. The standard InChI is InChI=1S/C15H26N2O5/c1-8(2)5-6-16-13(18)10(7-9(3)4)17-14(19)11-12(22-11)15(20)21/h8-12H,5-7H2,1-4H3,(H,16,18)(H,17,19)(H,20,21)/t10-,11+,12+/m1/s1. The van der Waals surface area contributed by atoms with Crippen molar-refractivity contribution in [3.63, 3.8) is 0 Å². The van der Waals surface area contributed by atoms with E-state index in [2.05, 4.69) is 24.5 Å². The lowest BCUT2D eigenvalue weighted by atomic mass is 10.0. The van der Waals surface area contributed by atoms with Gasteiger partial charge < -0.3 is 20.5 Å². The van der Waals surface area contributed by atoms with E-state index in [0.29, 0.717) is 18.9 Å². The fourth-order valence-corrected chi connectivity index (χ4v) is 2.06. The number of ether oxygens (including phenoxy) is 1. The number of rotatable bonds is 9. The van der Waals surface area contributed by atoms with Gasteiger partial charge in [0.15, 0.2) is 12.2 Å². The van der Waals surface area contributed by atoms with Crippen molar-refractivity contribution in [2.24, 2.45) is 11.8 Å². The second kappa shape index (κ2) is 8.12. The van der Waals surface area contributed by atoms with E-state index < -0.39 is 30.1 Å². The Balaban J connectivity index is 2.51. The van der Waals surface area contributed by atoms with Crippen molar-refractivity contribution in [1.82, 2.24) is 10.6 Å². The number of aliphatic carboxylic acids is 1. The molecule has 22 heavy (non-hydrogen) atoms. The maximum atomic E-state index is 12.2. The molecule has 1 heterocycles. The molecule has 0 aromatic carbocycles. The van der Waals surface area contributed by atoms with E-state index in [1.807, 2.05) is 13.8 Å². The van der Waals surface area contributed by atoms with Crippen LogP contribution in [-0.2, 0) is 19.1 Å². The zero-order valence-electron chi connectivity index (χ0n) is 13.6. The summed E-state index contributed by atoms with van der Waals surface area (Å²) in [4.78, 5) is 34.8. The van der Waals surface area contributed by atoms with E-state index in [4.69, 9.17) is 9.84 Å². The first kappa shape index (κ1) is 18.4. The molecule has 0 aromatic rings. The van der Waals surface area contributed by atoms with Gasteiger partial charge in [-0.25, -0.2) is 4.79 Å². The molecular weight excluding hydrogens is 288 g/mol. The van der Waals surface area contributed by atoms with E-state index in [0.717, 1.165) is 6.42 Å². The molecule has 7 nitrogen and oxygen atoms in total. The summed E-state index contributed by atoms with van der Waals surface area (Å²) >= 11 is 0. The fourth-order valence-electron chi connectivity index (χ4n) is 2.06. The number of carbonyl (C=O) groups excluding carboxylic acids is 2. The van der Waals surface area contributed by atoms with Crippen LogP contribution in [0.25, 0.3) is 0 Å². The molecular formula is C15H26N2O5. The predicted molar refractivity (Wildman–Crippen MR) is 80.1 cm³/mol. The van der Waals surface area contributed by atoms with Crippen LogP contribution in [0.4, 0.5) is 0 Å². The smallest absolute Gasteiger partial charge is 0.336 e. The zero-order chi connectivity index (χ0) is 16.9. The zero-order valence-corrected chi connectivity index (χ0v) is 13.6. The summed E-state index contributed by atoms with van der Waals surface area (Å²) in [5.74, 6) is -1.25. The first-order chi connectivity index (χ1) is 10.2. The maximum absolute atomic E-state index is 12.2. The third-order valence-corrected chi connectivity index (χ3v) is 3.35. The summed E-state index contributed by atoms with van der Waals surface area (Å²) < 4.78 is 4.80. The van der Waals surface area contributed by atoms with E-state index in [1.54, 1.807) is 0 Å². The SMILES string of the molecule is CC(C)CCNC(=O)[C@@H](CC(C)C)NC(=O)[C@H]1O[C@@H]1C(=O)O. The van der Waals surface area contributed by atoms with Crippen LogP contribution >= 0.6 is 0 Å². The van der Waals surface area contributed by atoms with Crippen molar-refractivity contribution in [1.29, 1.82) is 0 Å². The molecule has 1 aliphatic rings. The minimum atomic E-state index is -1.16. The first-order valence-electron chi connectivity index (χ1n) is 7.68. The number of nitrogens with one attached hydrogen (secondary N) is 2. The topological polar surface area (TPSA) is 108 Å².